The molecule has 0 atom stereocenters. The molecule has 0 amide bonds. The second-order valence-electron chi connectivity index (χ2n) is 9.25. The molecule has 0 unspecified atom stereocenters. The lowest BCUT2D eigenvalue weighted by Gasteiger charge is -2.30. The van der Waals surface area contributed by atoms with Crippen molar-refractivity contribution >= 4 is 45.9 Å². The van der Waals surface area contributed by atoms with Crippen molar-refractivity contribution in [3.05, 3.63) is 70.4 Å². The molecule has 0 radical (unpaired) electrons. The van der Waals surface area contributed by atoms with E-state index in [1.165, 1.54) is 0 Å². The molecule has 35 heavy (non-hydrogen) atoms. The predicted molar refractivity (Wildman–Crippen MR) is 145 cm³/mol. The number of hydrogen-bond donors (Lipinski definition) is 2. The van der Waals surface area contributed by atoms with E-state index >= 15 is 0 Å². The van der Waals surface area contributed by atoms with Gasteiger partial charge in [-0.1, -0.05) is 35.3 Å². The molecule has 2 aromatic heterocycles. The van der Waals surface area contributed by atoms with Crippen molar-refractivity contribution in [2.24, 2.45) is 0 Å². The lowest BCUT2D eigenvalue weighted by Crippen LogP contribution is -2.36. The van der Waals surface area contributed by atoms with Gasteiger partial charge in [-0.05, 0) is 68.1 Å². The summed E-state index contributed by atoms with van der Waals surface area (Å²) in [6.45, 7) is 0.688. The van der Waals surface area contributed by atoms with Crippen LogP contribution >= 0.6 is 23.2 Å². The van der Waals surface area contributed by atoms with Gasteiger partial charge in [0.1, 0.15) is 17.3 Å². The predicted octanol–water partition coefficient (Wildman–Crippen LogP) is 6.78. The Morgan fingerprint density at radius 1 is 0.943 bits per heavy atom. The molecule has 2 heterocycles. The van der Waals surface area contributed by atoms with Gasteiger partial charge in [-0.2, -0.15) is 4.98 Å². The average Bonchev–Trinajstić information content (AvgIpc) is 3.32. The van der Waals surface area contributed by atoms with Crippen LogP contribution in [0.25, 0.3) is 22.2 Å². The van der Waals surface area contributed by atoms with Crippen LogP contribution in [-0.4, -0.2) is 36.1 Å². The summed E-state index contributed by atoms with van der Waals surface area (Å²) in [4.78, 5) is 11.6. The molecule has 8 heteroatoms. The Labute approximate surface area is 215 Å². The molecule has 1 saturated carbocycles. The number of halogens is 2. The number of hydrogen-bond acceptors (Lipinski definition) is 6. The van der Waals surface area contributed by atoms with E-state index in [1.807, 2.05) is 61.5 Å². The molecule has 182 valence electrons. The van der Waals surface area contributed by atoms with Crippen molar-refractivity contribution in [1.29, 1.82) is 0 Å². The van der Waals surface area contributed by atoms with Crippen LogP contribution in [0, 0.1) is 0 Å². The zero-order valence-electron chi connectivity index (χ0n) is 19.9. The largest absolute Gasteiger partial charge is 0.460 e. The number of anilines is 2. The third-order valence-corrected chi connectivity index (χ3v) is 7.04. The van der Waals surface area contributed by atoms with Crippen molar-refractivity contribution in [2.45, 2.75) is 44.3 Å². The summed E-state index contributed by atoms with van der Waals surface area (Å²) in [6, 6.07) is 18.4. The molecule has 6 nitrogen and oxygen atoms in total. The topological polar surface area (TPSA) is 66.2 Å². The minimum absolute atomic E-state index is 0.367. The van der Waals surface area contributed by atoms with Gasteiger partial charge in [0.25, 0.3) is 0 Å². The van der Waals surface area contributed by atoms with Crippen LogP contribution in [0.3, 0.4) is 0 Å². The summed E-state index contributed by atoms with van der Waals surface area (Å²) < 4.78 is 6.02. The summed E-state index contributed by atoms with van der Waals surface area (Å²) in [7, 11) is 4.03. The van der Waals surface area contributed by atoms with E-state index in [4.69, 9.17) is 37.6 Å². The molecule has 5 rings (SSSR count). The molecule has 1 aliphatic rings. The van der Waals surface area contributed by atoms with Crippen molar-refractivity contribution in [3.8, 4) is 11.3 Å². The lowest BCUT2D eigenvalue weighted by molar-refractivity contribution is 0.341. The first-order chi connectivity index (χ1) is 17.0. The average molecular weight is 510 g/mol. The van der Waals surface area contributed by atoms with Gasteiger partial charge in [0.05, 0.1) is 17.1 Å². The molecule has 2 N–H and O–H groups in total. The lowest BCUT2D eigenvalue weighted by atomic mass is 9.91. The number of benzene rings is 2. The summed E-state index contributed by atoms with van der Waals surface area (Å²) in [5, 5.41) is 9.49. The first kappa shape index (κ1) is 23.9. The Morgan fingerprint density at radius 2 is 1.71 bits per heavy atom. The highest BCUT2D eigenvalue weighted by atomic mass is 35.5. The summed E-state index contributed by atoms with van der Waals surface area (Å²) in [6.07, 6.45) is 4.30. The van der Waals surface area contributed by atoms with Gasteiger partial charge < -0.3 is 20.0 Å². The zero-order chi connectivity index (χ0) is 24.4. The van der Waals surface area contributed by atoms with Gasteiger partial charge in [0, 0.05) is 42.2 Å². The second kappa shape index (κ2) is 10.4. The molecule has 2 aromatic carbocycles. The maximum absolute atomic E-state index is 6.32. The first-order valence-electron chi connectivity index (χ1n) is 11.9. The molecule has 1 aliphatic carbocycles. The molecule has 0 spiro atoms. The summed E-state index contributed by atoms with van der Waals surface area (Å²) in [5.74, 6) is 3.29. The first-order valence-corrected chi connectivity index (χ1v) is 12.7. The summed E-state index contributed by atoms with van der Waals surface area (Å²) in [5.41, 5.74) is 1.81. The Balaban J connectivity index is 1.15. The van der Waals surface area contributed by atoms with Crippen LogP contribution in [0.2, 0.25) is 10.0 Å². The SMILES string of the molecule is CN(C)c1nc(NC2CCC(NCc3ccc(-c4ccc(Cl)cc4Cl)o3)CC2)nc2ccccc12. The molecule has 1 fully saturated rings. The number of furan rings is 1. The van der Waals surface area contributed by atoms with Crippen LogP contribution in [-0.2, 0) is 6.54 Å². The van der Waals surface area contributed by atoms with E-state index in [-0.39, 0.29) is 0 Å². The molecule has 4 aromatic rings. The standard InChI is InChI=1S/C27H29Cl2N5O/c1-34(2)26-22-5-3-4-6-24(22)32-27(33-26)31-19-10-8-18(9-11-19)30-16-20-12-14-25(35-20)21-13-7-17(28)15-23(21)29/h3-7,12-15,18-19,30H,8-11,16H2,1-2H3,(H,31,32,33). The van der Waals surface area contributed by atoms with Crippen LogP contribution in [0.5, 0.6) is 0 Å². The van der Waals surface area contributed by atoms with E-state index in [0.717, 1.165) is 59.5 Å². The van der Waals surface area contributed by atoms with Gasteiger partial charge in [0.2, 0.25) is 5.95 Å². The van der Waals surface area contributed by atoms with Gasteiger partial charge in [-0.15, -0.1) is 0 Å². The van der Waals surface area contributed by atoms with E-state index < -0.39 is 0 Å². The quantitative estimate of drug-likeness (QED) is 0.286. The number of nitrogens with one attached hydrogen (secondary N) is 2. The van der Waals surface area contributed by atoms with Crippen LogP contribution in [0.1, 0.15) is 31.4 Å². The van der Waals surface area contributed by atoms with E-state index in [0.29, 0.717) is 34.6 Å². The number of nitrogens with zero attached hydrogens (tertiary/aromatic N) is 3. The maximum atomic E-state index is 6.32. The molecular formula is C27H29Cl2N5O. The second-order valence-corrected chi connectivity index (χ2v) is 10.1. The monoisotopic (exact) mass is 509 g/mol. The highest BCUT2D eigenvalue weighted by Gasteiger charge is 2.22. The Morgan fingerprint density at radius 3 is 2.49 bits per heavy atom. The van der Waals surface area contributed by atoms with Crippen LogP contribution < -0.4 is 15.5 Å². The van der Waals surface area contributed by atoms with E-state index in [2.05, 4.69) is 16.7 Å². The van der Waals surface area contributed by atoms with Gasteiger partial charge >= 0.3 is 0 Å². The smallest absolute Gasteiger partial charge is 0.225 e. The third-order valence-electron chi connectivity index (χ3n) is 6.49. The molecule has 0 aliphatic heterocycles. The van der Waals surface area contributed by atoms with E-state index in [1.54, 1.807) is 6.07 Å². The number of para-hydroxylation sites is 1. The fraction of sp³-hybridized carbons (Fsp3) is 0.333. The Kier molecular flexibility index (Phi) is 7.14. The van der Waals surface area contributed by atoms with E-state index in [9.17, 15) is 0 Å². The minimum atomic E-state index is 0.367. The number of fused-ring (bicyclic) bond motifs is 1. The van der Waals surface area contributed by atoms with Crippen LogP contribution in [0.4, 0.5) is 11.8 Å². The van der Waals surface area contributed by atoms with Gasteiger partial charge in [0.15, 0.2) is 0 Å². The normalized spacial score (nSPS) is 18.1. The van der Waals surface area contributed by atoms with Crippen molar-refractivity contribution in [1.82, 2.24) is 15.3 Å². The molecule has 0 saturated heterocycles. The summed E-state index contributed by atoms with van der Waals surface area (Å²) >= 11 is 12.3. The van der Waals surface area contributed by atoms with Gasteiger partial charge in [-0.25, -0.2) is 4.98 Å². The van der Waals surface area contributed by atoms with Crippen molar-refractivity contribution in [2.75, 3.05) is 24.3 Å². The van der Waals surface area contributed by atoms with Crippen LogP contribution in [0.15, 0.2) is 59.0 Å². The van der Waals surface area contributed by atoms with Crippen molar-refractivity contribution < 1.29 is 4.42 Å². The Bertz CT molecular complexity index is 1310. The Hall–Kier alpha value is -2.80. The highest BCUT2D eigenvalue weighted by Crippen LogP contribution is 2.32. The van der Waals surface area contributed by atoms with Crippen molar-refractivity contribution in [3.63, 3.8) is 0 Å². The number of aromatic nitrogens is 2. The fourth-order valence-electron chi connectivity index (χ4n) is 4.64. The third kappa shape index (κ3) is 5.56. The fourth-order valence-corrected chi connectivity index (χ4v) is 5.14. The maximum Gasteiger partial charge on any atom is 0.225 e. The number of rotatable bonds is 7. The molecular weight excluding hydrogens is 481 g/mol. The van der Waals surface area contributed by atoms with Gasteiger partial charge in [-0.3, -0.25) is 0 Å². The zero-order valence-corrected chi connectivity index (χ0v) is 21.4. The molecule has 0 bridgehead atoms. The minimum Gasteiger partial charge on any atom is -0.460 e. The highest BCUT2D eigenvalue weighted by molar-refractivity contribution is 6.36.